The lowest BCUT2D eigenvalue weighted by atomic mass is 10.2. The van der Waals surface area contributed by atoms with Crippen LogP contribution in [0.25, 0.3) is 5.82 Å². The molecule has 2 aromatic rings. The van der Waals surface area contributed by atoms with Crippen molar-refractivity contribution >= 4 is 5.82 Å². The van der Waals surface area contributed by atoms with Gasteiger partial charge in [0.05, 0.1) is 0 Å². The van der Waals surface area contributed by atoms with E-state index in [1.807, 2.05) is 17.7 Å². The van der Waals surface area contributed by atoms with Gasteiger partial charge in [-0.15, -0.1) is 0 Å². The van der Waals surface area contributed by atoms with E-state index < -0.39 is 0 Å². The third-order valence-electron chi connectivity index (χ3n) is 2.95. The van der Waals surface area contributed by atoms with Crippen molar-refractivity contribution in [2.75, 3.05) is 11.9 Å². The molecule has 0 fully saturated rings. The molecule has 0 saturated heterocycles. The van der Waals surface area contributed by atoms with E-state index in [0.717, 1.165) is 36.0 Å². The van der Waals surface area contributed by atoms with Crippen LogP contribution in [0.5, 0.6) is 0 Å². The maximum atomic E-state index is 4.65. The Morgan fingerprint density at radius 1 is 1.32 bits per heavy atom. The smallest absolute Gasteiger partial charge is 0.146 e. The number of rotatable bonds is 5. The highest BCUT2D eigenvalue weighted by atomic mass is 15.1. The maximum absolute atomic E-state index is 4.65. The fourth-order valence-corrected chi connectivity index (χ4v) is 1.83. The van der Waals surface area contributed by atoms with Crippen LogP contribution in [-0.2, 0) is 0 Å². The van der Waals surface area contributed by atoms with Gasteiger partial charge in [0, 0.05) is 30.4 Å². The van der Waals surface area contributed by atoms with Crippen molar-refractivity contribution in [3.63, 3.8) is 0 Å². The Labute approximate surface area is 114 Å². The fourth-order valence-electron chi connectivity index (χ4n) is 1.83. The Morgan fingerprint density at radius 2 is 2.11 bits per heavy atom. The number of nitrogens with zero attached hydrogens (tertiary/aromatic N) is 4. The normalized spacial score (nSPS) is 11.0. The van der Waals surface area contributed by atoms with Gasteiger partial charge in [-0.2, -0.15) is 0 Å². The van der Waals surface area contributed by atoms with Gasteiger partial charge >= 0.3 is 0 Å². The first-order valence-corrected chi connectivity index (χ1v) is 6.74. The number of aromatic nitrogens is 4. The van der Waals surface area contributed by atoms with Crippen molar-refractivity contribution in [3.8, 4) is 5.82 Å². The molecule has 0 unspecified atom stereocenters. The molecule has 0 aromatic carbocycles. The highest BCUT2D eigenvalue weighted by molar-refractivity contribution is 5.51. The van der Waals surface area contributed by atoms with Crippen LogP contribution in [0, 0.1) is 6.92 Å². The molecular weight excluding hydrogens is 238 g/mol. The van der Waals surface area contributed by atoms with E-state index in [4.69, 9.17) is 0 Å². The minimum Gasteiger partial charge on any atom is -0.370 e. The zero-order chi connectivity index (χ0) is 13.8. The lowest BCUT2D eigenvalue weighted by molar-refractivity contribution is 0.757. The second-order valence-corrected chi connectivity index (χ2v) is 4.93. The molecule has 2 heterocycles. The van der Waals surface area contributed by atoms with Crippen LogP contribution in [0.1, 0.15) is 44.5 Å². The third-order valence-corrected chi connectivity index (χ3v) is 2.95. The molecule has 0 radical (unpaired) electrons. The topological polar surface area (TPSA) is 55.6 Å². The number of nitrogens with one attached hydrogen (secondary N) is 1. The molecule has 0 atom stereocenters. The summed E-state index contributed by atoms with van der Waals surface area (Å²) in [5.74, 6) is 2.97. The zero-order valence-corrected chi connectivity index (χ0v) is 12.0. The summed E-state index contributed by atoms with van der Waals surface area (Å²) >= 11 is 0. The minimum absolute atomic E-state index is 0.296. The largest absolute Gasteiger partial charge is 0.370 e. The summed E-state index contributed by atoms with van der Waals surface area (Å²) in [7, 11) is 0. The lowest BCUT2D eigenvalue weighted by Crippen LogP contribution is -2.12. The summed E-state index contributed by atoms with van der Waals surface area (Å²) in [5, 5.41) is 3.38. The van der Waals surface area contributed by atoms with E-state index in [1.54, 1.807) is 12.5 Å². The summed E-state index contributed by atoms with van der Waals surface area (Å²) in [4.78, 5) is 13.4. The molecule has 19 heavy (non-hydrogen) atoms. The molecule has 0 aliphatic rings. The van der Waals surface area contributed by atoms with Crippen molar-refractivity contribution in [2.24, 2.45) is 0 Å². The Morgan fingerprint density at radius 3 is 2.68 bits per heavy atom. The molecule has 0 amide bonds. The molecule has 2 aromatic heterocycles. The van der Waals surface area contributed by atoms with Gasteiger partial charge in [-0.25, -0.2) is 15.0 Å². The SMILES string of the molecule is CCCNc1nc(C(C)C)nc(-n2ccnc2)c1C. The lowest BCUT2D eigenvalue weighted by Gasteiger charge is -2.15. The van der Waals surface area contributed by atoms with Crippen LogP contribution in [-0.4, -0.2) is 26.1 Å². The molecular formula is C14H21N5. The fraction of sp³-hybridized carbons (Fsp3) is 0.500. The second-order valence-electron chi connectivity index (χ2n) is 4.93. The number of hydrogen-bond donors (Lipinski definition) is 1. The summed E-state index contributed by atoms with van der Waals surface area (Å²) in [6, 6.07) is 0. The van der Waals surface area contributed by atoms with Crippen LogP contribution in [0.3, 0.4) is 0 Å². The first-order chi connectivity index (χ1) is 9.13. The third kappa shape index (κ3) is 2.92. The maximum Gasteiger partial charge on any atom is 0.146 e. The molecule has 0 bridgehead atoms. The van der Waals surface area contributed by atoms with Crippen LogP contribution < -0.4 is 5.32 Å². The summed E-state index contributed by atoms with van der Waals surface area (Å²) in [5.41, 5.74) is 1.05. The van der Waals surface area contributed by atoms with Crippen LogP contribution in [0.4, 0.5) is 5.82 Å². The Bertz CT molecular complexity index is 531. The summed E-state index contributed by atoms with van der Waals surface area (Å²) in [6.07, 6.45) is 6.50. The van der Waals surface area contributed by atoms with Crippen LogP contribution in [0.2, 0.25) is 0 Å². The quantitative estimate of drug-likeness (QED) is 0.897. The molecule has 2 rings (SSSR count). The number of imidazole rings is 1. The van der Waals surface area contributed by atoms with E-state index in [-0.39, 0.29) is 0 Å². The van der Waals surface area contributed by atoms with Gasteiger partial charge in [0.25, 0.3) is 0 Å². The first-order valence-electron chi connectivity index (χ1n) is 6.74. The van der Waals surface area contributed by atoms with Crippen molar-refractivity contribution in [1.29, 1.82) is 0 Å². The molecule has 0 spiro atoms. The Balaban J connectivity index is 2.49. The van der Waals surface area contributed by atoms with Crippen molar-refractivity contribution in [1.82, 2.24) is 19.5 Å². The van der Waals surface area contributed by atoms with Crippen LogP contribution in [0.15, 0.2) is 18.7 Å². The molecule has 5 nitrogen and oxygen atoms in total. The monoisotopic (exact) mass is 259 g/mol. The van der Waals surface area contributed by atoms with E-state index in [9.17, 15) is 0 Å². The predicted molar refractivity (Wildman–Crippen MR) is 76.8 cm³/mol. The number of hydrogen-bond acceptors (Lipinski definition) is 4. The molecule has 0 aliphatic heterocycles. The Hall–Kier alpha value is -1.91. The van der Waals surface area contributed by atoms with Crippen molar-refractivity contribution in [2.45, 2.75) is 40.0 Å². The van der Waals surface area contributed by atoms with Gasteiger partial charge in [0.2, 0.25) is 0 Å². The van der Waals surface area contributed by atoms with Gasteiger partial charge in [0.15, 0.2) is 0 Å². The molecule has 1 N–H and O–H groups in total. The van der Waals surface area contributed by atoms with Gasteiger partial charge in [-0.3, -0.25) is 4.57 Å². The van der Waals surface area contributed by atoms with E-state index >= 15 is 0 Å². The van der Waals surface area contributed by atoms with Crippen molar-refractivity contribution < 1.29 is 0 Å². The highest BCUT2D eigenvalue weighted by Crippen LogP contribution is 2.22. The second kappa shape index (κ2) is 5.82. The first kappa shape index (κ1) is 13.5. The molecule has 0 saturated carbocycles. The van der Waals surface area contributed by atoms with Gasteiger partial charge in [0.1, 0.15) is 23.8 Å². The van der Waals surface area contributed by atoms with Gasteiger partial charge in [-0.1, -0.05) is 20.8 Å². The molecule has 5 heteroatoms. The molecule has 102 valence electrons. The van der Waals surface area contributed by atoms with Crippen LogP contribution >= 0.6 is 0 Å². The Kier molecular flexibility index (Phi) is 4.14. The van der Waals surface area contributed by atoms with Gasteiger partial charge in [-0.05, 0) is 13.3 Å². The average Bonchev–Trinajstić information content (AvgIpc) is 2.91. The number of anilines is 1. The zero-order valence-electron chi connectivity index (χ0n) is 12.0. The highest BCUT2D eigenvalue weighted by Gasteiger charge is 2.13. The van der Waals surface area contributed by atoms with E-state index in [2.05, 4.69) is 41.0 Å². The standard InChI is InChI=1S/C14H21N5/c1-5-6-16-13-11(4)14(19-8-7-15-9-19)18-12(17-13)10(2)3/h7-10H,5-6H2,1-4H3,(H,16,17,18). The summed E-state index contributed by atoms with van der Waals surface area (Å²) < 4.78 is 1.93. The average molecular weight is 259 g/mol. The van der Waals surface area contributed by atoms with E-state index in [0.29, 0.717) is 5.92 Å². The van der Waals surface area contributed by atoms with E-state index in [1.165, 1.54) is 0 Å². The predicted octanol–water partition coefficient (Wildman–Crippen LogP) is 2.92. The minimum atomic E-state index is 0.296. The summed E-state index contributed by atoms with van der Waals surface area (Å²) in [6.45, 7) is 9.30. The van der Waals surface area contributed by atoms with Gasteiger partial charge < -0.3 is 5.32 Å². The molecule has 0 aliphatic carbocycles. The van der Waals surface area contributed by atoms with Crippen molar-refractivity contribution in [3.05, 3.63) is 30.1 Å².